The van der Waals surface area contributed by atoms with Crippen molar-refractivity contribution in [2.45, 2.75) is 25.9 Å². The number of carbonyl (C=O) groups excluding carboxylic acids is 1. The van der Waals surface area contributed by atoms with E-state index < -0.39 is 18.6 Å². The monoisotopic (exact) mass is 371 g/mol. The van der Waals surface area contributed by atoms with E-state index in [0.29, 0.717) is 16.0 Å². The van der Waals surface area contributed by atoms with E-state index in [0.717, 1.165) is 0 Å². The van der Waals surface area contributed by atoms with Crippen molar-refractivity contribution in [3.63, 3.8) is 0 Å². The van der Waals surface area contributed by atoms with Crippen LogP contribution in [0.2, 0.25) is 0 Å². The minimum absolute atomic E-state index is 0.00247. The largest absolute Gasteiger partial charge is 0.406 e. The fourth-order valence-corrected chi connectivity index (χ4v) is 2.26. The van der Waals surface area contributed by atoms with E-state index >= 15 is 0 Å². The average Bonchev–Trinajstić information content (AvgIpc) is 3.02. The molecule has 140 valence electrons. The maximum Gasteiger partial charge on any atom is 0.406 e. The van der Waals surface area contributed by atoms with Crippen molar-refractivity contribution in [1.29, 1.82) is 0 Å². The van der Waals surface area contributed by atoms with Crippen LogP contribution in [0.5, 0.6) is 0 Å². The van der Waals surface area contributed by atoms with E-state index in [1.165, 1.54) is 18.2 Å². The van der Waals surface area contributed by atoms with E-state index in [9.17, 15) is 22.4 Å². The molecule has 0 radical (unpaired) electrons. The topological polar surface area (TPSA) is 59.2 Å². The maximum absolute atomic E-state index is 13.3. The van der Waals surface area contributed by atoms with Gasteiger partial charge in [-0.1, -0.05) is 11.2 Å². The van der Waals surface area contributed by atoms with E-state index in [1.807, 2.05) is 0 Å². The van der Waals surface area contributed by atoms with Crippen LogP contribution in [-0.2, 0) is 11.2 Å². The zero-order valence-corrected chi connectivity index (χ0v) is 14.0. The highest BCUT2D eigenvalue weighted by molar-refractivity contribution is 5.76. The van der Waals surface area contributed by atoms with Crippen LogP contribution in [-0.4, -0.2) is 40.2 Å². The number of hydrogen-bond donors (Lipinski definition) is 0. The van der Waals surface area contributed by atoms with Gasteiger partial charge in [0.2, 0.25) is 17.6 Å². The van der Waals surface area contributed by atoms with Gasteiger partial charge in [0.25, 0.3) is 0 Å². The van der Waals surface area contributed by atoms with Crippen molar-refractivity contribution in [2.24, 2.45) is 0 Å². The lowest BCUT2D eigenvalue weighted by Crippen LogP contribution is -2.39. The van der Waals surface area contributed by atoms with Gasteiger partial charge in [-0.05, 0) is 30.7 Å². The third kappa shape index (κ3) is 5.40. The molecule has 2 aromatic rings. The molecule has 0 bridgehead atoms. The molecule has 1 aromatic carbocycles. The molecular weight excluding hydrogens is 354 g/mol. The van der Waals surface area contributed by atoms with Gasteiger partial charge in [0.1, 0.15) is 12.4 Å². The summed E-state index contributed by atoms with van der Waals surface area (Å²) in [6.07, 6.45) is -3.48. The van der Waals surface area contributed by atoms with Crippen molar-refractivity contribution in [3.8, 4) is 11.4 Å². The number of nitrogens with zero attached hydrogens (tertiary/aromatic N) is 3. The summed E-state index contributed by atoms with van der Waals surface area (Å²) in [7, 11) is 0. The van der Waals surface area contributed by atoms with Crippen LogP contribution < -0.4 is 0 Å². The second-order valence-electron chi connectivity index (χ2n) is 5.65. The van der Waals surface area contributed by atoms with Crippen molar-refractivity contribution >= 4 is 5.91 Å². The Morgan fingerprint density at radius 2 is 2.12 bits per heavy atom. The van der Waals surface area contributed by atoms with E-state index in [1.54, 1.807) is 13.0 Å². The number of amides is 1. The van der Waals surface area contributed by atoms with Crippen LogP contribution in [0.1, 0.15) is 17.9 Å². The standard InChI is InChI=1S/C17H17F4N3O2/c1-3-8-24(10-17(19,20)21)15(25)7-6-14-22-16(23-26-14)12-4-5-13(18)11(2)9-12/h3-5,9H,1,6-8,10H2,2H3. The Labute approximate surface area is 147 Å². The van der Waals surface area contributed by atoms with Crippen molar-refractivity contribution in [3.05, 3.63) is 48.1 Å². The van der Waals surface area contributed by atoms with Gasteiger partial charge < -0.3 is 9.42 Å². The molecule has 0 aliphatic heterocycles. The minimum Gasteiger partial charge on any atom is -0.339 e. The normalized spacial score (nSPS) is 11.4. The van der Waals surface area contributed by atoms with Crippen LogP contribution in [0, 0.1) is 12.7 Å². The lowest BCUT2D eigenvalue weighted by Gasteiger charge is -2.22. The molecule has 0 atom stereocenters. The summed E-state index contributed by atoms with van der Waals surface area (Å²) in [5.41, 5.74) is 0.951. The van der Waals surface area contributed by atoms with Gasteiger partial charge in [-0.15, -0.1) is 6.58 Å². The van der Waals surface area contributed by atoms with Crippen molar-refractivity contribution in [1.82, 2.24) is 15.0 Å². The van der Waals surface area contributed by atoms with Gasteiger partial charge in [0.15, 0.2) is 0 Å². The predicted molar refractivity (Wildman–Crippen MR) is 85.6 cm³/mol. The number of benzene rings is 1. The highest BCUT2D eigenvalue weighted by atomic mass is 19.4. The Morgan fingerprint density at radius 3 is 2.73 bits per heavy atom. The first-order chi connectivity index (χ1) is 12.2. The molecule has 26 heavy (non-hydrogen) atoms. The number of rotatable bonds is 7. The van der Waals surface area contributed by atoms with Crippen molar-refractivity contribution < 1.29 is 26.9 Å². The molecule has 9 heteroatoms. The molecule has 5 nitrogen and oxygen atoms in total. The lowest BCUT2D eigenvalue weighted by atomic mass is 10.1. The maximum atomic E-state index is 13.3. The Morgan fingerprint density at radius 1 is 1.38 bits per heavy atom. The minimum atomic E-state index is -4.49. The molecule has 1 heterocycles. The molecular formula is C17H17F4N3O2. The number of hydrogen-bond acceptors (Lipinski definition) is 4. The molecule has 1 aromatic heterocycles. The number of carbonyl (C=O) groups is 1. The molecule has 0 saturated carbocycles. The van der Waals surface area contributed by atoms with Crippen LogP contribution in [0.15, 0.2) is 35.4 Å². The van der Waals surface area contributed by atoms with Gasteiger partial charge in [-0.2, -0.15) is 18.2 Å². The van der Waals surface area contributed by atoms with Crippen LogP contribution in [0.3, 0.4) is 0 Å². The molecule has 0 aliphatic rings. The average molecular weight is 371 g/mol. The molecule has 0 aliphatic carbocycles. The SMILES string of the molecule is C=CCN(CC(F)(F)F)C(=O)CCc1nc(-c2ccc(F)c(C)c2)no1. The molecule has 1 amide bonds. The number of aryl methyl sites for hydroxylation is 2. The van der Waals surface area contributed by atoms with E-state index in [4.69, 9.17) is 4.52 Å². The van der Waals surface area contributed by atoms with E-state index in [-0.39, 0.29) is 36.9 Å². The van der Waals surface area contributed by atoms with E-state index in [2.05, 4.69) is 16.7 Å². The van der Waals surface area contributed by atoms with Crippen LogP contribution >= 0.6 is 0 Å². The summed E-state index contributed by atoms with van der Waals surface area (Å²) >= 11 is 0. The lowest BCUT2D eigenvalue weighted by molar-refractivity contribution is -0.160. The fourth-order valence-electron chi connectivity index (χ4n) is 2.26. The van der Waals surface area contributed by atoms with Crippen LogP contribution in [0.4, 0.5) is 17.6 Å². The summed E-state index contributed by atoms with van der Waals surface area (Å²) in [4.78, 5) is 16.7. The number of aromatic nitrogens is 2. The first-order valence-electron chi connectivity index (χ1n) is 7.74. The highest BCUT2D eigenvalue weighted by Gasteiger charge is 2.32. The third-order valence-electron chi connectivity index (χ3n) is 3.51. The molecule has 0 N–H and O–H groups in total. The second-order valence-corrected chi connectivity index (χ2v) is 5.65. The third-order valence-corrected chi connectivity index (χ3v) is 3.51. The van der Waals surface area contributed by atoms with Gasteiger partial charge in [-0.25, -0.2) is 4.39 Å². The smallest absolute Gasteiger partial charge is 0.339 e. The summed E-state index contributed by atoms with van der Waals surface area (Å²) in [6, 6.07) is 4.30. The zero-order valence-electron chi connectivity index (χ0n) is 14.0. The highest BCUT2D eigenvalue weighted by Crippen LogP contribution is 2.20. The van der Waals surface area contributed by atoms with Gasteiger partial charge in [0.05, 0.1) is 0 Å². The van der Waals surface area contributed by atoms with Gasteiger partial charge >= 0.3 is 6.18 Å². The predicted octanol–water partition coefficient (Wildman–Crippen LogP) is 3.69. The fraction of sp³-hybridized carbons (Fsp3) is 0.353. The van der Waals surface area contributed by atoms with Gasteiger partial charge in [-0.3, -0.25) is 4.79 Å². The summed E-state index contributed by atoms with van der Waals surface area (Å²) in [5, 5.41) is 3.75. The summed E-state index contributed by atoms with van der Waals surface area (Å²) in [6.45, 7) is 3.39. The Kier molecular flexibility index (Phi) is 6.12. The molecule has 2 rings (SSSR count). The zero-order chi connectivity index (χ0) is 19.3. The Bertz CT molecular complexity index is 787. The molecule has 0 unspecified atom stereocenters. The quantitative estimate of drug-likeness (QED) is 0.550. The van der Waals surface area contributed by atoms with Gasteiger partial charge in [0, 0.05) is 24.9 Å². The summed E-state index contributed by atoms with van der Waals surface area (Å²) < 4.78 is 55.8. The van der Waals surface area contributed by atoms with Crippen molar-refractivity contribution in [2.75, 3.05) is 13.1 Å². The molecule has 0 fully saturated rings. The first kappa shape index (κ1) is 19.6. The Balaban J connectivity index is 2.00. The Hall–Kier alpha value is -2.71. The molecule has 0 spiro atoms. The number of halogens is 4. The van der Waals surface area contributed by atoms with Crippen LogP contribution in [0.25, 0.3) is 11.4 Å². The number of alkyl halides is 3. The molecule has 0 saturated heterocycles. The second kappa shape index (κ2) is 8.11. The first-order valence-corrected chi connectivity index (χ1v) is 7.74. The summed E-state index contributed by atoms with van der Waals surface area (Å²) in [5.74, 6) is -0.732.